The monoisotopic (exact) mass is 382 g/mol. The maximum Gasteiger partial charge on any atom is 0.339 e. The Morgan fingerprint density at radius 2 is 1.64 bits per heavy atom. The van der Waals surface area contributed by atoms with Crippen molar-refractivity contribution in [1.82, 2.24) is 0 Å². The number of carbonyl (C=O) groups excluding carboxylic acids is 3. The number of hydrogen-bond donors (Lipinski definition) is 1. The summed E-state index contributed by atoms with van der Waals surface area (Å²) in [7, 11) is 1.29. The molecule has 0 bridgehead atoms. The van der Waals surface area contributed by atoms with Crippen LogP contribution in [0.25, 0.3) is 0 Å². The third kappa shape index (κ3) is 4.97. The van der Waals surface area contributed by atoms with Crippen molar-refractivity contribution in [2.45, 2.75) is 34.1 Å². The summed E-state index contributed by atoms with van der Waals surface area (Å²) in [5.74, 6) is -0.985. The molecule has 148 valence electrons. The highest BCUT2D eigenvalue weighted by Crippen LogP contribution is 2.24. The second kappa shape index (κ2) is 9.17. The van der Waals surface area contributed by atoms with Crippen LogP contribution in [0.2, 0.25) is 0 Å². The summed E-state index contributed by atoms with van der Waals surface area (Å²) in [6.07, 6.45) is 0.0991. The van der Waals surface area contributed by atoms with Crippen LogP contribution in [-0.2, 0) is 14.3 Å². The van der Waals surface area contributed by atoms with E-state index in [0.717, 1.165) is 22.4 Å². The zero-order valence-corrected chi connectivity index (χ0v) is 17.0. The van der Waals surface area contributed by atoms with Crippen molar-refractivity contribution in [2.24, 2.45) is 0 Å². The zero-order chi connectivity index (χ0) is 20.8. The van der Waals surface area contributed by atoms with Crippen molar-refractivity contribution < 1.29 is 19.1 Å². The largest absolute Gasteiger partial charge is 0.465 e. The average Bonchev–Trinajstić information content (AvgIpc) is 2.64. The van der Waals surface area contributed by atoms with E-state index in [2.05, 4.69) is 5.32 Å². The first-order valence-electron chi connectivity index (χ1n) is 9.07. The Labute approximate surface area is 165 Å². The molecule has 2 rings (SSSR count). The van der Waals surface area contributed by atoms with Gasteiger partial charge in [0.25, 0.3) is 0 Å². The van der Waals surface area contributed by atoms with E-state index in [4.69, 9.17) is 4.74 Å². The lowest BCUT2D eigenvalue weighted by molar-refractivity contribution is -0.117. The maximum atomic E-state index is 12.5. The number of anilines is 2. The second-order valence-corrected chi connectivity index (χ2v) is 6.75. The molecule has 0 aliphatic carbocycles. The Morgan fingerprint density at radius 3 is 2.21 bits per heavy atom. The van der Waals surface area contributed by atoms with Gasteiger partial charge in [0.1, 0.15) is 0 Å². The molecular weight excluding hydrogens is 356 g/mol. The molecular formula is C22H26N2O4. The average molecular weight is 382 g/mol. The summed E-state index contributed by atoms with van der Waals surface area (Å²) < 4.78 is 4.79. The number of amides is 2. The van der Waals surface area contributed by atoms with E-state index in [1.807, 2.05) is 32.9 Å². The first-order valence-corrected chi connectivity index (χ1v) is 9.07. The second-order valence-electron chi connectivity index (χ2n) is 6.75. The van der Waals surface area contributed by atoms with E-state index >= 15 is 0 Å². The highest BCUT2D eigenvalue weighted by atomic mass is 16.5. The molecule has 0 fully saturated rings. The lowest BCUT2D eigenvalue weighted by atomic mass is 10.0. The van der Waals surface area contributed by atoms with Crippen molar-refractivity contribution in [3.8, 4) is 0 Å². The molecule has 28 heavy (non-hydrogen) atoms. The summed E-state index contributed by atoms with van der Waals surface area (Å²) in [5.41, 5.74) is 4.62. The highest BCUT2D eigenvalue weighted by Gasteiger charge is 2.20. The number of esters is 1. The molecule has 0 aliphatic heterocycles. The predicted octanol–water partition coefficient (Wildman–Crippen LogP) is 3.78. The van der Waals surface area contributed by atoms with Crippen molar-refractivity contribution in [2.75, 3.05) is 23.9 Å². The van der Waals surface area contributed by atoms with Crippen LogP contribution in [0.1, 0.15) is 40.4 Å². The van der Waals surface area contributed by atoms with Crippen LogP contribution in [0.5, 0.6) is 0 Å². The number of para-hydroxylation sites is 1. The van der Waals surface area contributed by atoms with E-state index in [1.54, 1.807) is 24.3 Å². The minimum Gasteiger partial charge on any atom is -0.465 e. The topological polar surface area (TPSA) is 75.7 Å². The fraction of sp³-hybridized carbons (Fsp3) is 0.318. The predicted molar refractivity (Wildman–Crippen MR) is 110 cm³/mol. The van der Waals surface area contributed by atoms with Gasteiger partial charge in [-0.3, -0.25) is 9.59 Å². The Hall–Kier alpha value is -3.15. The third-order valence-electron chi connectivity index (χ3n) is 4.48. The molecule has 0 heterocycles. The lowest BCUT2D eigenvalue weighted by Crippen LogP contribution is -2.33. The number of hydrogen-bond acceptors (Lipinski definition) is 4. The van der Waals surface area contributed by atoms with Gasteiger partial charge >= 0.3 is 5.97 Å². The van der Waals surface area contributed by atoms with Gasteiger partial charge in [-0.25, -0.2) is 4.79 Å². The molecule has 0 saturated carbocycles. The number of rotatable bonds is 6. The molecule has 6 heteroatoms. The van der Waals surface area contributed by atoms with Gasteiger partial charge in [0, 0.05) is 25.6 Å². The van der Waals surface area contributed by atoms with E-state index in [-0.39, 0.29) is 30.3 Å². The van der Waals surface area contributed by atoms with Gasteiger partial charge < -0.3 is 15.0 Å². The number of nitrogens with zero attached hydrogens (tertiary/aromatic N) is 1. The Morgan fingerprint density at radius 1 is 1.04 bits per heavy atom. The smallest absolute Gasteiger partial charge is 0.339 e. The molecule has 2 aromatic carbocycles. The van der Waals surface area contributed by atoms with Gasteiger partial charge in [-0.1, -0.05) is 29.8 Å². The van der Waals surface area contributed by atoms with Crippen LogP contribution in [0.15, 0.2) is 36.4 Å². The van der Waals surface area contributed by atoms with Crippen LogP contribution < -0.4 is 10.2 Å². The molecule has 2 aromatic rings. The number of methoxy groups -OCH3 is 1. The fourth-order valence-corrected chi connectivity index (χ4v) is 3.23. The highest BCUT2D eigenvalue weighted by molar-refractivity contribution is 6.02. The minimum absolute atomic E-state index is 0.0991. The standard InChI is InChI=1S/C22H26N2O4/c1-14-12-15(2)21(16(3)13-14)23-20(26)10-11-24(17(4)25)19-9-7-6-8-18(19)22(27)28-5/h6-9,12-13H,10-11H2,1-5H3,(H,23,26). The van der Waals surface area contributed by atoms with Crippen LogP contribution >= 0.6 is 0 Å². The van der Waals surface area contributed by atoms with Gasteiger partial charge in [-0.15, -0.1) is 0 Å². The van der Waals surface area contributed by atoms with Crippen molar-refractivity contribution in [1.29, 1.82) is 0 Å². The van der Waals surface area contributed by atoms with Gasteiger partial charge in [-0.2, -0.15) is 0 Å². The first kappa shape index (κ1) is 21.2. The summed E-state index contributed by atoms with van der Waals surface area (Å²) in [4.78, 5) is 38.1. The molecule has 2 amide bonds. The molecule has 0 aliphatic rings. The maximum absolute atomic E-state index is 12.5. The van der Waals surface area contributed by atoms with E-state index < -0.39 is 5.97 Å². The van der Waals surface area contributed by atoms with Crippen LogP contribution in [0.3, 0.4) is 0 Å². The number of aryl methyl sites for hydroxylation is 3. The lowest BCUT2D eigenvalue weighted by Gasteiger charge is -2.23. The van der Waals surface area contributed by atoms with Crippen molar-refractivity contribution in [3.63, 3.8) is 0 Å². The van der Waals surface area contributed by atoms with Crippen LogP contribution in [0.4, 0.5) is 11.4 Å². The molecule has 0 aromatic heterocycles. The summed E-state index contributed by atoms with van der Waals surface area (Å²) >= 11 is 0. The van der Waals surface area contributed by atoms with E-state index in [9.17, 15) is 14.4 Å². The molecule has 0 atom stereocenters. The number of benzene rings is 2. The van der Waals surface area contributed by atoms with Gasteiger partial charge in [0.05, 0.1) is 18.4 Å². The SMILES string of the molecule is COC(=O)c1ccccc1N(CCC(=O)Nc1c(C)cc(C)cc1C)C(C)=O. The van der Waals surface area contributed by atoms with Crippen molar-refractivity contribution in [3.05, 3.63) is 58.7 Å². The zero-order valence-electron chi connectivity index (χ0n) is 17.0. The normalized spacial score (nSPS) is 10.3. The van der Waals surface area contributed by atoms with Gasteiger partial charge in [0.2, 0.25) is 11.8 Å². The number of nitrogens with one attached hydrogen (secondary N) is 1. The fourth-order valence-electron chi connectivity index (χ4n) is 3.23. The van der Waals surface area contributed by atoms with Crippen molar-refractivity contribution >= 4 is 29.2 Å². The Balaban J connectivity index is 2.16. The third-order valence-corrected chi connectivity index (χ3v) is 4.48. The molecule has 6 nitrogen and oxygen atoms in total. The number of carbonyl (C=O) groups is 3. The summed E-state index contributed by atoms with van der Waals surface area (Å²) in [6, 6.07) is 10.7. The van der Waals surface area contributed by atoms with E-state index in [1.165, 1.54) is 18.9 Å². The molecule has 1 N–H and O–H groups in total. The quantitative estimate of drug-likeness (QED) is 0.772. The van der Waals surface area contributed by atoms with Gasteiger partial charge in [-0.05, 0) is 44.0 Å². The summed E-state index contributed by atoms with van der Waals surface area (Å²) in [5, 5.41) is 2.93. The van der Waals surface area contributed by atoms with Gasteiger partial charge in [0.15, 0.2) is 0 Å². The Bertz CT molecular complexity index is 882. The minimum atomic E-state index is -0.530. The van der Waals surface area contributed by atoms with E-state index in [0.29, 0.717) is 5.69 Å². The molecule has 0 saturated heterocycles. The number of ether oxygens (including phenoxy) is 1. The summed E-state index contributed by atoms with van der Waals surface area (Å²) in [6.45, 7) is 7.46. The van der Waals surface area contributed by atoms with Crippen LogP contribution in [-0.4, -0.2) is 31.4 Å². The molecule has 0 unspecified atom stereocenters. The van der Waals surface area contributed by atoms with Crippen LogP contribution in [0, 0.1) is 20.8 Å². The molecule has 0 spiro atoms. The first-order chi connectivity index (χ1) is 13.2. The Kier molecular flexibility index (Phi) is 6.93. The molecule has 0 radical (unpaired) electrons.